The Kier molecular flexibility index (Phi) is 4.50. The summed E-state index contributed by atoms with van der Waals surface area (Å²) in [5.74, 6) is 0. The molecule has 0 saturated carbocycles. The summed E-state index contributed by atoms with van der Waals surface area (Å²) in [6.07, 6.45) is 3.08. The summed E-state index contributed by atoms with van der Waals surface area (Å²) in [7, 11) is 6.19. The molecule has 0 aliphatic heterocycles. The molecule has 0 aliphatic rings. The van der Waals surface area contributed by atoms with Gasteiger partial charge in [-0.15, -0.1) is 6.58 Å². The van der Waals surface area contributed by atoms with Gasteiger partial charge in [0.15, 0.2) is 0 Å². The Balaban J connectivity index is 4.58. The Morgan fingerprint density at radius 3 is 2.17 bits per heavy atom. The molecular formula is C10H22N2. The van der Waals surface area contributed by atoms with Crippen molar-refractivity contribution in [2.75, 3.05) is 21.1 Å². The van der Waals surface area contributed by atoms with Crippen molar-refractivity contribution in [3.05, 3.63) is 12.7 Å². The molecule has 12 heavy (non-hydrogen) atoms. The van der Waals surface area contributed by atoms with Crippen molar-refractivity contribution in [3.8, 4) is 0 Å². The molecule has 2 nitrogen and oxygen atoms in total. The standard InChI is InChI=1S/C10H22N2/c1-7-9(11-4)10(3,8-2)12(5)6/h7,9,11H,1,8H2,2-6H3. The Morgan fingerprint density at radius 1 is 1.58 bits per heavy atom. The average molecular weight is 170 g/mol. The summed E-state index contributed by atoms with van der Waals surface area (Å²) >= 11 is 0. The molecule has 72 valence electrons. The molecule has 0 rings (SSSR count). The SMILES string of the molecule is C=CC(NC)C(C)(CC)N(C)C. The molecule has 0 aromatic heterocycles. The van der Waals surface area contributed by atoms with Crippen molar-refractivity contribution in [1.29, 1.82) is 0 Å². The summed E-state index contributed by atoms with van der Waals surface area (Å²) in [4.78, 5) is 2.25. The zero-order valence-corrected chi connectivity index (χ0v) is 9.02. The largest absolute Gasteiger partial charge is 0.312 e. The number of rotatable bonds is 5. The van der Waals surface area contributed by atoms with Crippen LogP contribution in [0.4, 0.5) is 0 Å². The van der Waals surface area contributed by atoms with E-state index in [1.807, 2.05) is 13.1 Å². The van der Waals surface area contributed by atoms with E-state index in [-0.39, 0.29) is 5.54 Å². The number of nitrogens with one attached hydrogen (secondary N) is 1. The molecule has 0 heterocycles. The molecule has 0 amide bonds. The fraction of sp³-hybridized carbons (Fsp3) is 0.800. The van der Waals surface area contributed by atoms with Crippen LogP contribution in [0.1, 0.15) is 20.3 Å². The molecule has 1 N–H and O–H groups in total. The predicted molar refractivity (Wildman–Crippen MR) is 55.4 cm³/mol. The highest BCUT2D eigenvalue weighted by molar-refractivity contribution is 5.02. The molecule has 0 bridgehead atoms. The molecule has 0 aromatic carbocycles. The first-order valence-electron chi connectivity index (χ1n) is 4.50. The van der Waals surface area contributed by atoms with Gasteiger partial charge in [-0.3, -0.25) is 0 Å². The summed E-state index contributed by atoms with van der Waals surface area (Å²) in [5, 5.41) is 3.26. The zero-order valence-electron chi connectivity index (χ0n) is 9.02. The first kappa shape index (κ1) is 11.7. The predicted octanol–water partition coefficient (Wildman–Crippen LogP) is 1.49. The van der Waals surface area contributed by atoms with Crippen LogP contribution in [0.3, 0.4) is 0 Å². The van der Waals surface area contributed by atoms with Crippen molar-refractivity contribution < 1.29 is 0 Å². The Hall–Kier alpha value is -0.340. The summed E-state index contributed by atoms with van der Waals surface area (Å²) in [6.45, 7) is 8.29. The summed E-state index contributed by atoms with van der Waals surface area (Å²) in [6, 6.07) is 0.345. The van der Waals surface area contributed by atoms with Crippen LogP contribution in [0.25, 0.3) is 0 Å². The number of hydrogen-bond donors (Lipinski definition) is 1. The molecule has 0 spiro atoms. The molecule has 0 aliphatic carbocycles. The minimum Gasteiger partial charge on any atom is -0.312 e. The van der Waals surface area contributed by atoms with E-state index in [2.05, 4.69) is 44.7 Å². The van der Waals surface area contributed by atoms with Crippen molar-refractivity contribution in [2.24, 2.45) is 0 Å². The highest BCUT2D eigenvalue weighted by atomic mass is 15.2. The summed E-state index contributed by atoms with van der Waals surface area (Å²) < 4.78 is 0. The maximum Gasteiger partial charge on any atom is 0.0428 e. The highest BCUT2D eigenvalue weighted by Crippen LogP contribution is 2.21. The monoisotopic (exact) mass is 170 g/mol. The molecule has 2 unspecified atom stereocenters. The van der Waals surface area contributed by atoms with E-state index >= 15 is 0 Å². The third kappa shape index (κ3) is 2.08. The summed E-state index contributed by atoms with van der Waals surface area (Å²) in [5.41, 5.74) is 0.163. The number of nitrogens with zero attached hydrogens (tertiary/aromatic N) is 1. The quantitative estimate of drug-likeness (QED) is 0.629. The van der Waals surface area contributed by atoms with E-state index < -0.39 is 0 Å². The second-order valence-corrected chi connectivity index (χ2v) is 3.61. The van der Waals surface area contributed by atoms with Crippen LogP contribution in [0, 0.1) is 0 Å². The maximum atomic E-state index is 3.84. The topological polar surface area (TPSA) is 15.3 Å². The molecule has 2 atom stereocenters. The fourth-order valence-corrected chi connectivity index (χ4v) is 1.50. The average Bonchev–Trinajstić information content (AvgIpc) is 2.05. The van der Waals surface area contributed by atoms with Crippen LogP contribution in [0.2, 0.25) is 0 Å². The lowest BCUT2D eigenvalue weighted by atomic mass is 9.88. The number of hydrogen-bond acceptors (Lipinski definition) is 2. The minimum atomic E-state index is 0.163. The van der Waals surface area contributed by atoms with Crippen LogP contribution >= 0.6 is 0 Å². The van der Waals surface area contributed by atoms with Gasteiger partial charge in [0.2, 0.25) is 0 Å². The Labute approximate surface area is 76.6 Å². The van der Waals surface area contributed by atoms with Gasteiger partial charge in [-0.1, -0.05) is 13.0 Å². The van der Waals surface area contributed by atoms with E-state index in [1.165, 1.54) is 0 Å². The third-order valence-corrected chi connectivity index (χ3v) is 2.95. The van der Waals surface area contributed by atoms with Gasteiger partial charge in [0.05, 0.1) is 0 Å². The van der Waals surface area contributed by atoms with Crippen LogP contribution < -0.4 is 5.32 Å². The van der Waals surface area contributed by atoms with E-state index in [0.717, 1.165) is 6.42 Å². The van der Waals surface area contributed by atoms with Gasteiger partial charge in [-0.05, 0) is 34.5 Å². The van der Waals surface area contributed by atoms with Gasteiger partial charge < -0.3 is 10.2 Å². The van der Waals surface area contributed by atoms with Crippen molar-refractivity contribution in [2.45, 2.75) is 31.8 Å². The van der Waals surface area contributed by atoms with Gasteiger partial charge in [0.25, 0.3) is 0 Å². The lowest BCUT2D eigenvalue weighted by molar-refractivity contribution is 0.137. The molecule has 0 saturated heterocycles. The normalized spacial score (nSPS) is 18.8. The van der Waals surface area contributed by atoms with Crippen molar-refractivity contribution >= 4 is 0 Å². The zero-order chi connectivity index (χ0) is 9.78. The van der Waals surface area contributed by atoms with E-state index in [9.17, 15) is 0 Å². The van der Waals surface area contributed by atoms with Gasteiger partial charge in [-0.25, -0.2) is 0 Å². The van der Waals surface area contributed by atoms with Gasteiger partial charge in [0.1, 0.15) is 0 Å². The van der Waals surface area contributed by atoms with E-state index in [0.29, 0.717) is 6.04 Å². The van der Waals surface area contributed by atoms with Crippen LogP contribution in [-0.4, -0.2) is 37.6 Å². The lowest BCUT2D eigenvalue weighted by Gasteiger charge is -2.41. The molecule has 0 fully saturated rings. The lowest BCUT2D eigenvalue weighted by Crippen LogP contribution is -2.54. The van der Waals surface area contributed by atoms with E-state index in [4.69, 9.17) is 0 Å². The first-order valence-corrected chi connectivity index (χ1v) is 4.50. The third-order valence-electron chi connectivity index (χ3n) is 2.95. The van der Waals surface area contributed by atoms with Gasteiger partial charge >= 0.3 is 0 Å². The molecule has 2 heteroatoms. The van der Waals surface area contributed by atoms with Gasteiger partial charge in [-0.2, -0.15) is 0 Å². The second-order valence-electron chi connectivity index (χ2n) is 3.61. The molecule has 0 radical (unpaired) electrons. The van der Waals surface area contributed by atoms with Gasteiger partial charge in [0, 0.05) is 11.6 Å². The minimum absolute atomic E-state index is 0.163. The first-order chi connectivity index (χ1) is 5.52. The Bertz CT molecular complexity index is 143. The van der Waals surface area contributed by atoms with Crippen molar-refractivity contribution in [3.63, 3.8) is 0 Å². The Morgan fingerprint density at radius 2 is 2.08 bits per heavy atom. The van der Waals surface area contributed by atoms with Crippen molar-refractivity contribution in [1.82, 2.24) is 10.2 Å². The van der Waals surface area contributed by atoms with Crippen LogP contribution in [0.5, 0.6) is 0 Å². The molecule has 0 aromatic rings. The van der Waals surface area contributed by atoms with Crippen LogP contribution in [-0.2, 0) is 0 Å². The smallest absolute Gasteiger partial charge is 0.0428 e. The fourth-order valence-electron chi connectivity index (χ4n) is 1.50. The van der Waals surface area contributed by atoms with E-state index in [1.54, 1.807) is 0 Å². The molecular weight excluding hydrogens is 148 g/mol. The second kappa shape index (κ2) is 4.63. The highest BCUT2D eigenvalue weighted by Gasteiger charge is 2.31. The number of likely N-dealkylation sites (N-methyl/N-ethyl adjacent to an activating group) is 2. The van der Waals surface area contributed by atoms with Crippen LogP contribution in [0.15, 0.2) is 12.7 Å². The maximum absolute atomic E-state index is 3.84.